The number of halogens is 1. The lowest BCUT2D eigenvalue weighted by Crippen LogP contribution is -2.19. The molecule has 0 spiro atoms. The molecule has 0 unspecified atom stereocenters. The third kappa shape index (κ3) is 2.31. The van der Waals surface area contributed by atoms with Crippen LogP contribution in [0.25, 0.3) is 10.1 Å². The van der Waals surface area contributed by atoms with Gasteiger partial charge in [-0.15, -0.1) is 11.3 Å². The van der Waals surface area contributed by atoms with Crippen LogP contribution in [0.15, 0.2) is 28.1 Å². The number of hydrogen-bond acceptors (Lipinski definition) is 2. The Morgan fingerprint density at radius 1 is 1.38 bits per heavy atom. The van der Waals surface area contributed by atoms with Gasteiger partial charge >= 0.3 is 0 Å². The van der Waals surface area contributed by atoms with Gasteiger partial charge in [-0.25, -0.2) is 0 Å². The van der Waals surface area contributed by atoms with Gasteiger partial charge in [-0.3, -0.25) is 0 Å². The maximum Gasteiger partial charge on any atom is 0.0346 e. The second-order valence-corrected chi connectivity index (χ2v) is 6.21. The highest BCUT2D eigenvalue weighted by atomic mass is 79.9. The third-order valence-electron chi connectivity index (χ3n) is 3.02. The summed E-state index contributed by atoms with van der Waals surface area (Å²) in [6, 6.07) is 7.36. The van der Waals surface area contributed by atoms with Crippen molar-refractivity contribution in [3.8, 4) is 0 Å². The topological polar surface area (TPSA) is 12.0 Å². The Hall–Kier alpha value is -0.380. The summed E-state index contributed by atoms with van der Waals surface area (Å²) < 4.78 is 2.57. The molecule has 3 rings (SSSR count). The number of nitrogens with one attached hydrogen (secondary N) is 1. The van der Waals surface area contributed by atoms with E-state index in [1.165, 1.54) is 33.0 Å². The van der Waals surface area contributed by atoms with Crippen LogP contribution >= 0.6 is 27.3 Å². The fourth-order valence-electron chi connectivity index (χ4n) is 1.95. The van der Waals surface area contributed by atoms with Crippen molar-refractivity contribution in [2.75, 3.05) is 6.54 Å². The number of benzene rings is 1. The Morgan fingerprint density at radius 2 is 2.25 bits per heavy atom. The molecule has 0 bridgehead atoms. The Labute approximate surface area is 108 Å². The Balaban J connectivity index is 1.76. The number of fused-ring (bicyclic) bond motifs is 1. The van der Waals surface area contributed by atoms with E-state index >= 15 is 0 Å². The molecule has 1 saturated carbocycles. The lowest BCUT2D eigenvalue weighted by Gasteiger charge is -2.02. The van der Waals surface area contributed by atoms with Crippen molar-refractivity contribution in [1.82, 2.24) is 5.32 Å². The summed E-state index contributed by atoms with van der Waals surface area (Å²) in [5, 5.41) is 7.28. The molecule has 0 aliphatic heterocycles. The van der Waals surface area contributed by atoms with E-state index in [1.807, 2.05) is 11.3 Å². The lowest BCUT2D eigenvalue weighted by atomic mass is 10.1. The van der Waals surface area contributed by atoms with Gasteiger partial charge in [0.25, 0.3) is 0 Å². The highest BCUT2D eigenvalue weighted by molar-refractivity contribution is 9.10. The van der Waals surface area contributed by atoms with Crippen molar-refractivity contribution in [2.24, 2.45) is 0 Å². The molecule has 84 valence electrons. The molecule has 1 nitrogen and oxygen atoms in total. The van der Waals surface area contributed by atoms with E-state index in [2.05, 4.69) is 44.8 Å². The highest BCUT2D eigenvalue weighted by Crippen LogP contribution is 2.29. The van der Waals surface area contributed by atoms with E-state index in [1.54, 1.807) is 0 Å². The Bertz CT molecular complexity index is 502. The molecule has 1 heterocycles. The fraction of sp³-hybridized carbons (Fsp3) is 0.385. The van der Waals surface area contributed by atoms with E-state index in [0.717, 1.165) is 19.0 Å². The molecule has 2 aromatic rings. The molecule has 1 aliphatic carbocycles. The first kappa shape index (κ1) is 10.8. The molecular formula is C13H14BrNS. The van der Waals surface area contributed by atoms with Crippen LogP contribution in [0.4, 0.5) is 0 Å². The van der Waals surface area contributed by atoms with Crippen LogP contribution < -0.4 is 5.32 Å². The van der Waals surface area contributed by atoms with Crippen LogP contribution in [-0.2, 0) is 6.42 Å². The zero-order valence-electron chi connectivity index (χ0n) is 9.00. The largest absolute Gasteiger partial charge is 0.314 e. The van der Waals surface area contributed by atoms with Crippen molar-refractivity contribution >= 4 is 37.4 Å². The van der Waals surface area contributed by atoms with Crippen molar-refractivity contribution in [1.29, 1.82) is 0 Å². The third-order valence-corrected chi connectivity index (χ3v) is 4.53. The van der Waals surface area contributed by atoms with E-state index in [0.29, 0.717) is 0 Å². The first-order valence-corrected chi connectivity index (χ1v) is 7.39. The predicted molar refractivity (Wildman–Crippen MR) is 74.3 cm³/mol. The van der Waals surface area contributed by atoms with Gasteiger partial charge < -0.3 is 5.32 Å². The lowest BCUT2D eigenvalue weighted by molar-refractivity contribution is 0.684. The van der Waals surface area contributed by atoms with Gasteiger partial charge in [0.15, 0.2) is 0 Å². The maximum absolute atomic E-state index is 3.57. The van der Waals surface area contributed by atoms with E-state index in [9.17, 15) is 0 Å². The summed E-state index contributed by atoms with van der Waals surface area (Å²) in [6.45, 7) is 1.11. The summed E-state index contributed by atoms with van der Waals surface area (Å²) in [7, 11) is 0. The van der Waals surface area contributed by atoms with Crippen molar-refractivity contribution in [3.63, 3.8) is 0 Å². The second kappa shape index (κ2) is 4.47. The highest BCUT2D eigenvalue weighted by Gasteiger charge is 2.19. The zero-order chi connectivity index (χ0) is 11.0. The number of rotatable bonds is 4. The van der Waals surface area contributed by atoms with Gasteiger partial charge in [-0.2, -0.15) is 0 Å². The quantitative estimate of drug-likeness (QED) is 0.900. The monoisotopic (exact) mass is 295 g/mol. The standard InChI is InChI=1S/C13H14BrNS/c14-10-1-4-13-12(7-10)9(8-16-13)5-6-15-11-2-3-11/h1,4,7-8,11,15H,2-3,5-6H2. The van der Waals surface area contributed by atoms with Crippen LogP contribution in [0, 0.1) is 0 Å². The zero-order valence-corrected chi connectivity index (χ0v) is 11.4. The molecule has 0 radical (unpaired) electrons. The smallest absolute Gasteiger partial charge is 0.0346 e. The molecule has 1 N–H and O–H groups in total. The average Bonchev–Trinajstić information content (AvgIpc) is 3.01. The average molecular weight is 296 g/mol. The van der Waals surface area contributed by atoms with Gasteiger partial charge in [0.1, 0.15) is 0 Å². The van der Waals surface area contributed by atoms with E-state index < -0.39 is 0 Å². The van der Waals surface area contributed by atoms with Crippen LogP contribution in [0.3, 0.4) is 0 Å². The fourth-order valence-corrected chi connectivity index (χ4v) is 3.28. The first-order chi connectivity index (χ1) is 7.83. The molecule has 1 fully saturated rings. The Morgan fingerprint density at radius 3 is 3.06 bits per heavy atom. The van der Waals surface area contributed by atoms with Gasteiger partial charge in [-0.1, -0.05) is 15.9 Å². The van der Waals surface area contributed by atoms with E-state index in [4.69, 9.17) is 0 Å². The number of thiophene rings is 1. The van der Waals surface area contributed by atoms with Gasteiger partial charge in [0.2, 0.25) is 0 Å². The van der Waals surface area contributed by atoms with Crippen LogP contribution in [-0.4, -0.2) is 12.6 Å². The number of hydrogen-bond donors (Lipinski definition) is 1. The van der Waals surface area contributed by atoms with Crippen LogP contribution in [0.2, 0.25) is 0 Å². The molecule has 1 aromatic heterocycles. The molecule has 3 heteroatoms. The summed E-state index contributed by atoms with van der Waals surface area (Å²) in [6.07, 6.45) is 3.89. The minimum Gasteiger partial charge on any atom is -0.314 e. The van der Waals surface area contributed by atoms with Crippen LogP contribution in [0.1, 0.15) is 18.4 Å². The van der Waals surface area contributed by atoms with Crippen molar-refractivity contribution < 1.29 is 0 Å². The second-order valence-electron chi connectivity index (χ2n) is 4.38. The summed E-state index contributed by atoms with van der Waals surface area (Å²) >= 11 is 5.39. The molecule has 1 aliphatic rings. The normalized spacial score (nSPS) is 15.8. The molecule has 1 aromatic carbocycles. The first-order valence-electron chi connectivity index (χ1n) is 5.72. The molecule has 0 amide bonds. The summed E-state index contributed by atoms with van der Waals surface area (Å²) in [5.41, 5.74) is 1.48. The van der Waals surface area contributed by atoms with Gasteiger partial charge in [-0.05, 0) is 60.3 Å². The van der Waals surface area contributed by atoms with Gasteiger partial charge in [0.05, 0.1) is 0 Å². The SMILES string of the molecule is Brc1ccc2scc(CCNC3CC3)c2c1. The predicted octanol–water partition coefficient (Wildman–Crippen LogP) is 3.96. The summed E-state index contributed by atoms with van der Waals surface area (Å²) in [4.78, 5) is 0. The molecular weight excluding hydrogens is 282 g/mol. The Kier molecular flexibility index (Phi) is 3.01. The molecule has 0 saturated heterocycles. The maximum atomic E-state index is 3.57. The van der Waals surface area contributed by atoms with Crippen molar-refractivity contribution in [3.05, 3.63) is 33.6 Å². The van der Waals surface area contributed by atoms with Gasteiger partial charge in [0, 0.05) is 15.2 Å². The minimum absolute atomic E-state index is 0.816. The van der Waals surface area contributed by atoms with E-state index in [-0.39, 0.29) is 0 Å². The van der Waals surface area contributed by atoms with Crippen LogP contribution in [0.5, 0.6) is 0 Å². The molecule has 16 heavy (non-hydrogen) atoms. The minimum atomic E-state index is 0.816. The summed E-state index contributed by atoms with van der Waals surface area (Å²) in [5.74, 6) is 0. The van der Waals surface area contributed by atoms with Crippen molar-refractivity contribution in [2.45, 2.75) is 25.3 Å². The molecule has 0 atom stereocenters.